The summed E-state index contributed by atoms with van der Waals surface area (Å²) in [7, 11) is -4.66. The summed E-state index contributed by atoms with van der Waals surface area (Å²) in [5, 5.41) is 2.96. The molecule has 1 saturated heterocycles. The lowest BCUT2D eigenvalue weighted by Crippen LogP contribution is -2.33. The molecule has 1 aliphatic rings. The highest BCUT2D eigenvalue weighted by molar-refractivity contribution is 7.86. The van der Waals surface area contributed by atoms with Gasteiger partial charge in [-0.15, -0.1) is 0 Å². The lowest BCUT2D eigenvalue weighted by Gasteiger charge is -2.19. The van der Waals surface area contributed by atoms with Crippen LogP contribution >= 0.6 is 0 Å². The van der Waals surface area contributed by atoms with Crippen LogP contribution < -0.4 is 20.7 Å². The lowest BCUT2D eigenvalue weighted by molar-refractivity contribution is -0.126. The van der Waals surface area contributed by atoms with E-state index in [4.69, 9.17) is 10.5 Å². The number of benzene rings is 2. The van der Waals surface area contributed by atoms with Crippen LogP contribution in [0.3, 0.4) is 0 Å². The molecule has 1 unspecified atom stereocenters. The summed E-state index contributed by atoms with van der Waals surface area (Å²) in [5.74, 6) is -0.749. The first-order valence-electron chi connectivity index (χ1n) is 16.9. The van der Waals surface area contributed by atoms with E-state index in [0.717, 1.165) is 19.3 Å². The molecule has 2 aromatic carbocycles. The van der Waals surface area contributed by atoms with Gasteiger partial charge in [0, 0.05) is 30.9 Å². The molecule has 1 fully saturated rings. The maximum atomic E-state index is 12.8. The summed E-state index contributed by atoms with van der Waals surface area (Å²) in [6.45, 7) is 2.97. The standard InChI is InChI=1S/C35H53N3O6S/c1-2-3-4-5-6-7-8-9-10-11-12-13-14-15-16-17-24-37-35(40)28-25-34(39)38(27-28)30-20-23-32(33(26-30)45(41,42)43)44-31-21-18-29(36)19-22-31/h18-23,26,28H,2-17,24-25,27,36H2,1H3,(H,37,40)(H,41,42,43). The monoisotopic (exact) mass is 643 g/mol. The maximum absolute atomic E-state index is 12.8. The highest BCUT2D eigenvalue weighted by Gasteiger charge is 2.35. The number of nitrogen functional groups attached to an aromatic ring is 1. The van der Waals surface area contributed by atoms with Crippen LogP contribution in [0.25, 0.3) is 0 Å². The predicted molar refractivity (Wildman–Crippen MR) is 180 cm³/mol. The fourth-order valence-corrected chi connectivity index (χ4v) is 6.41. The van der Waals surface area contributed by atoms with Crippen LogP contribution in [-0.2, 0) is 19.7 Å². The summed E-state index contributed by atoms with van der Waals surface area (Å²) in [4.78, 5) is 26.5. The molecule has 0 aromatic heterocycles. The molecule has 45 heavy (non-hydrogen) atoms. The molecule has 0 radical (unpaired) electrons. The average molecular weight is 644 g/mol. The molecule has 1 aliphatic heterocycles. The highest BCUT2D eigenvalue weighted by Crippen LogP contribution is 2.35. The summed E-state index contributed by atoms with van der Waals surface area (Å²) in [5.41, 5.74) is 6.47. The third-order valence-corrected chi connectivity index (χ3v) is 9.33. The number of nitrogens with two attached hydrogens (primary N) is 1. The van der Waals surface area contributed by atoms with Crippen molar-refractivity contribution in [1.29, 1.82) is 0 Å². The number of hydrogen-bond acceptors (Lipinski definition) is 6. The maximum Gasteiger partial charge on any atom is 0.298 e. The van der Waals surface area contributed by atoms with Crippen LogP contribution in [0.2, 0.25) is 0 Å². The topological polar surface area (TPSA) is 139 Å². The SMILES string of the molecule is CCCCCCCCCCCCCCCCCCNC(=O)C1CC(=O)N(c2ccc(Oc3ccc(N)cc3)c(S(=O)(=O)O)c2)C1. The van der Waals surface area contributed by atoms with Gasteiger partial charge < -0.3 is 20.7 Å². The molecule has 2 aromatic rings. The van der Waals surface area contributed by atoms with Gasteiger partial charge in [0.2, 0.25) is 11.8 Å². The second-order valence-corrected chi connectivity index (χ2v) is 13.7. The van der Waals surface area contributed by atoms with Gasteiger partial charge in [-0.05, 0) is 48.9 Å². The van der Waals surface area contributed by atoms with Gasteiger partial charge in [-0.2, -0.15) is 8.42 Å². The van der Waals surface area contributed by atoms with Gasteiger partial charge in [-0.3, -0.25) is 14.1 Å². The molecule has 0 bridgehead atoms. The third kappa shape index (κ3) is 13.0. The van der Waals surface area contributed by atoms with Gasteiger partial charge in [-0.1, -0.05) is 103 Å². The normalized spacial score (nSPS) is 15.0. The summed E-state index contributed by atoms with van der Waals surface area (Å²) < 4.78 is 39.8. The van der Waals surface area contributed by atoms with Crippen molar-refractivity contribution in [2.24, 2.45) is 5.92 Å². The molecule has 1 heterocycles. The molecule has 0 spiro atoms. The Hall–Kier alpha value is -3.11. The van der Waals surface area contributed by atoms with Gasteiger partial charge >= 0.3 is 0 Å². The summed E-state index contributed by atoms with van der Waals surface area (Å²) in [6.07, 6.45) is 20.7. The molecule has 10 heteroatoms. The van der Waals surface area contributed by atoms with Crippen molar-refractivity contribution in [3.8, 4) is 11.5 Å². The van der Waals surface area contributed by atoms with Crippen LogP contribution in [0.1, 0.15) is 116 Å². The van der Waals surface area contributed by atoms with Crippen molar-refractivity contribution < 1.29 is 27.3 Å². The van der Waals surface area contributed by atoms with E-state index in [9.17, 15) is 22.6 Å². The number of rotatable bonds is 22. The molecule has 4 N–H and O–H groups in total. The fourth-order valence-electron chi connectivity index (χ4n) is 5.78. The summed E-state index contributed by atoms with van der Waals surface area (Å²) >= 11 is 0. The van der Waals surface area contributed by atoms with E-state index in [1.807, 2.05) is 0 Å². The minimum absolute atomic E-state index is 0.0374. The van der Waals surface area contributed by atoms with Crippen LogP contribution in [0.4, 0.5) is 11.4 Å². The van der Waals surface area contributed by atoms with Crippen molar-refractivity contribution in [2.75, 3.05) is 23.7 Å². The van der Waals surface area contributed by atoms with E-state index in [0.29, 0.717) is 18.0 Å². The van der Waals surface area contributed by atoms with E-state index in [-0.39, 0.29) is 36.2 Å². The Balaban J connectivity index is 1.31. The summed E-state index contributed by atoms with van der Waals surface area (Å²) in [6, 6.07) is 10.5. The van der Waals surface area contributed by atoms with Crippen LogP contribution in [0.5, 0.6) is 11.5 Å². The quantitative estimate of drug-likeness (QED) is 0.0670. The predicted octanol–water partition coefficient (Wildman–Crippen LogP) is 8.04. The minimum atomic E-state index is -4.66. The largest absolute Gasteiger partial charge is 0.456 e. The molecule has 3 rings (SSSR count). The van der Waals surface area contributed by atoms with E-state index >= 15 is 0 Å². The first kappa shape index (κ1) is 36.4. The van der Waals surface area contributed by atoms with Crippen molar-refractivity contribution in [3.05, 3.63) is 42.5 Å². The van der Waals surface area contributed by atoms with Crippen molar-refractivity contribution in [1.82, 2.24) is 5.32 Å². The zero-order valence-corrected chi connectivity index (χ0v) is 27.8. The van der Waals surface area contributed by atoms with E-state index in [1.54, 1.807) is 24.3 Å². The second kappa shape index (κ2) is 19.4. The van der Waals surface area contributed by atoms with E-state index in [1.165, 1.54) is 107 Å². The van der Waals surface area contributed by atoms with Crippen LogP contribution in [0, 0.1) is 5.92 Å². The van der Waals surface area contributed by atoms with Crippen molar-refractivity contribution in [2.45, 2.75) is 121 Å². The molecular formula is C35H53N3O6S. The fraction of sp³-hybridized carbons (Fsp3) is 0.600. The number of carbonyl (C=O) groups is 2. The molecule has 250 valence electrons. The van der Waals surface area contributed by atoms with Crippen molar-refractivity contribution >= 4 is 33.3 Å². The third-order valence-electron chi connectivity index (χ3n) is 8.45. The zero-order valence-electron chi connectivity index (χ0n) is 27.0. The highest BCUT2D eigenvalue weighted by atomic mass is 32.2. The molecule has 2 amide bonds. The smallest absolute Gasteiger partial charge is 0.298 e. The van der Waals surface area contributed by atoms with Gasteiger partial charge in [0.1, 0.15) is 16.4 Å². The van der Waals surface area contributed by atoms with Crippen LogP contribution in [0.15, 0.2) is 47.4 Å². The minimum Gasteiger partial charge on any atom is -0.456 e. The van der Waals surface area contributed by atoms with Gasteiger partial charge in [0.25, 0.3) is 10.1 Å². The number of amides is 2. The van der Waals surface area contributed by atoms with Gasteiger partial charge in [0.15, 0.2) is 0 Å². The molecule has 0 saturated carbocycles. The number of unbranched alkanes of at least 4 members (excludes halogenated alkanes) is 15. The zero-order chi connectivity index (χ0) is 32.5. The van der Waals surface area contributed by atoms with E-state index in [2.05, 4.69) is 12.2 Å². The number of anilines is 2. The van der Waals surface area contributed by atoms with E-state index < -0.39 is 20.9 Å². The second-order valence-electron chi connectivity index (χ2n) is 12.3. The molecular weight excluding hydrogens is 590 g/mol. The number of ether oxygens (including phenoxy) is 1. The average Bonchev–Trinajstić information content (AvgIpc) is 3.41. The van der Waals surface area contributed by atoms with Gasteiger partial charge in [-0.25, -0.2) is 0 Å². The Bertz CT molecular complexity index is 1300. The first-order chi connectivity index (χ1) is 21.7. The number of carbonyl (C=O) groups excluding carboxylic acids is 2. The number of hydrogen-bond donors (Lipinski definition) is 3. The first-order valence-corrected chi connectivity index (χ1v) is 18.4. The van der Waals surface area contributed by atoms with Crippen molar-refractivity contribution in [3.63, 3.8) is 0 Å². The molecule has 1 atom stereocenters. The Labute approximate surface area is 270 Å². The molecule has 0 aliphatic carbocycles. The lowest BCUT2D eigenvalue weighted by atomic mass is 10.0. The number of nitrogens with zero attached hydrogens (tertiary/aromatic N) is 1. The van der Waals surface area contributed by atoms with Crippen LogP contribution in [-0.4, -0.2) is 37.9 Å². The Morgan fingerprint density at radius 1 is 0.867 bits per heavy atom. The Kier molecular flexibility index (Phi) is 15.7. The number of nitrogens with one attached hydrogen (secondary N) is 1. The Morgan fingerprint density at radius 3 is 1.93 bits per heavy atom. The Morgan fingerprint density at radius 2 is 1.40 bits per heavy atom. The van der Waals surface area contributed by atoms with Gasteiger partial charge in [0.05, 0.1) is 5.92 Å². The molecule has 9 nitrogen and oxygen atoms in total.